The molecule has 4 atom stereocenters. The highest BCUT2D eigenvalue weighted by atomic mass is 16.5. The van der Waals surface area contributed by atoms with Crippen LogP contribution in [0.15, 0.2) is 18.2 Å². The molecule has 0 amide bonds. The third-order valence-electron chi connectivity index (χ3n) is 5.75. The summed E-state index contributed by atoms with van der Waals surface area (Å²) in [5.74, 6) is 4.00. The normalized spacial score (nSPS) is 29.1. The van der Waals surface area contributed by atoms with Crippen LogP contribution in [0.2, 0.25) is 0 Å². The minimum absolute atomic E-state index is 0.414. The molecule has 2 bridgehead atoms. The van der Waals surface area contributed by atoms with Crippen LogP contribution in [0.3, 0.4) is 0 Å². The molecule has 21 heavy (non-hydrogen) atoms. The van der Waals surface area contributed by atoms with Crippen LogP contribution in [-0.4, -0.2) is 16.7 Å². The van der Waals surface area contributed by atoms with Gasteiger partial charge in [-0.2, -0.15) is 0 Å². The van der Waals surface area contributed by atoms with Gasteiger partial charge in [0.25, 0.3) is 0 Å². The molecule has 2 aliphatic rings. The first-order valence-electron chi connectivity index (χ1n) is 7.99. The van der Waals surface area contributed by atoms with Crippen molar-refractivity contribution in [3.63, 3.8) is 0 Å². The fourth-order valence-electron chi connectivity index (χ4n) is 4.78. The van der Waals surface area contributed by atoms with Crippen molar-refractivity contribution < 1.29 is 4.74 Å². The summed E-state index contributed by atoms with van der Waals surface area (Å²) in [6.45, 7) is 2.31. The van der Waals surface area contributed by atoms with E-state index in [0.29, 0.717) is 12.0 Å². The van der Waals surface area contributed by atoms with Crippen molar-refractivity contribution in [1.29, 1.82) is 0 Å². The van der Waals surface area contributed by atoms with Crippen LogP contribution in [0, 0.1) is 17.8 Å². The van der Waals surface area contributed by atoms with Crippen LogP contribution < -0.4 is 10.5 Å². The molecule has 2 N–H and O–H groups in total. The Hall–Kier alpha value is -1.71. The minimum Gasteiger partial charge on any atom is -0.494 e. The van der Waals surface area contributed by atoms with Gasteiger partial charge in [0, 0.05) is 6.04 Å². The lowest BCUT2D eigenvalue weighted by Gasteiger charge is -2.29. The Morgan fingerprint density at radius 2 is 2.19 bits per heavy atom. The molecule has 2 fully saturated rings. The molecule has 0 aliphatic heterocycles. The molecule has 112 valence electrons. The number of rotatable bonds is 3. The van der Waals surface area contributed by atoms with E-state index in [1.54, 1.807) is 7.11 Å². The van der Waals surface area contributed by atoms with Gasteiger partial charge in [0.15, 0.2) is 0 Å². The summed E-state index contributed by atoms with van der Waals surface area (Å²) in [6.07, 6.45) is 5.61. The standard InChI is InChI=1S/C17H23N3O/c1-10(13-9-11-6-7-12(13)8-11)20-14-4-3-5-15(21-2)16(14)19-17(20)18/h3-5,10-13H,6-9H2,1-2H3,(H2,18,19). The molecule has 4 nitrogen and oxygen atoms in total. The van der Waals surface area contributed by atoms with Gasteiger partial charge in [-0.1, -0.05) is 12.5 Å². The maximum absolute atomic E-state index is 6.24. The van der Waals surface area contributed by atoms with Crippen molar-refractivity contribution in [2.75, 3.05) is 12.8 Å². The average molecular weight is 285 g/mol. The number of aromatic nitrogens is 2. The van der Waals surface area contributed by atoms with Crippen molar-refractivity contribution in [1.82, 2.24) is 9.55 Å². The Morgan fingerprint density at radius 3 is 2.86 bits per heavy atom. The molecule has 1 heterocycles. The van der Waals surface area contributed by atoms with Crippen molar-refractivity contribution in [2.45, 2.75) is 38.6 Å². The van der Waals surface area contributed by atoms with E-state index in [1.807, 2.05) is 12.1 Å². The fourth-order valence-corrected chi connectivity index (χ4v) is 4.78. The summed E-state index contributed by atoms with van der Waals surface area (Å²) in [5.41, 5.74) is 8.22. The number of imidazole rings is 1. The second-order valence-electron chi connectivity index (χ2n) is 6.75. The molecule has 4 unspecified atom stereocenters. The molecule has 1 aromatic carbocycles. The van der Waals surface area contributed by atoms with Gasteiger partial charge in [0.05, 0.1) is 12.6 Å². The van der Waals surface area contributed by atoms with Crippen LogP contribution in [0.4, 0.5) is 5.95 Å². The van der Waals surface area contributed by atoms with E-state index in [2.05, 4.69) is 22.5 Å². The van der Waals surface area contributed by atoms with E-state index in [0.717, 1.165) is 34.5 Å². The van der Waals surface area contributed by atoms with E-state index in [-0.39, 0.29) is 0 Å². The molecule has 2 aromatic rings. The Labute approximate surface area is 125 Å². The molecule has 0 saturated heterocycles. The number of para-hydroxylation sites is 1. The summed E-state index contributed by atoms with van der Waals surface area (Å²) >= 11 is 0. The molecule has 0 spiro atoms. The van der Waals surface area contributed by atoms with Crippen molar-refractivity contribution in [2.24, 2.45) is 17.8 Å². The molecule has 2 aliphatic carbocycles. The first-order chi connectivity index (χ1) is 10.2. The van der Waals surface area contributed by atoms with Crippen molar-refractivity contribution >= 4 is 17.0 Å². The Balaban J connectivity index is 1.77. The van der Waals surface area contributed by atoms with Gasteiger partial charge < -0.3 is 15.0 Å². The van der Waals surface area contributed by atoms with E-state index >= 15 is 0 Å². The number of benzene rings is 1. The molecular formula is C17H23N3O. The van der Waals surface area contributed by atoms with E-state index in [9.17, 15) is 0 Å². The predicted octanol–water partition coefficient (Wildman–Crippen LogP) is 3.62. The summed E-state index contributed by atoms with van der Waals surface area (Å²) in [6, 6.07) is 6.48. The summed E-state index contributed by atoms with van der Waals surface area (Å²) < 4.78 is 7.64. The van der Waals surface area contributed by atoms with Crippen molar-refractivity contribution in [3.8, 4) is 5.75 Å². The van der Waals surface area contributed by atoms with Gasteiger partial charge in [-0.15, -0.1) is 0 Å². The number of methoxy groups -OCH3 is 1. The van der Waals surface area contributed by atoms with Crippen LogP contribution in [0.25, 0.3) is 11.0 Å². The number of nitrogens with two attached hydrogens (primary N) is 1. The lowest BCUT2D eigenvalue weighted by molar-refractivity contribution is 0.248. The van der Waals surface area contributed by atoms with Gasteiger partial charge in [0.2, 0.25) is 5.95 Å². The molecule has 1 aromatic heterocycles. The summed E-state index contributed by atoms with van der Waals surface area (Å²) in [4.78, 5) is 4.55. The average Bonchev–Trinajstić information content (AvgIpc) is 3.18. The fraction of sp³-hybridized carbons (Fsp3) is 0.588. The number of nitrogen functional groups attached to an aromatic ring is 1. The Morgan fingerprint density at radius 1 is 1.33 bits per heavy atom. The van der Waals surface area contributed by atoms with Crippen molar-refractivity contribution in [3.05, 3.63) is 18.2 Å². The van der Waals surface area contributed by atoms with Gasteiger partial charge in [-0.05, 0) is 56.1 Å². The molecule has 0 radical (unpaired) electrons. The van der Waals surface area contributed by atoms with Crippen LogP contribution >= 0.6 is 0 Å². The number of hydrogen-bond donors (Lipinski definition) is 1. The van der Waals surface area contributed by atoms with Crippen LogP contribution in [0.5, 0.6) is 5.75 Å². The zero-order chi connectivity index (χ0) is 14.6. The summed E-state index contributed by atoms with van der Waals surface area (Å²) in [7, 11) is 1.68. The Kier molecular flexibility index (Phi) is 2.88. The van der Waals surface area contributed by atoms with E-state index in [4.69, 9.17) is 10.5 Å². The first-order valence-corrected chi connectivity index (χ1v) is 7.99. The van der Waals surface area contributed by atoms with Gasteiger partial charge in [-0.3, -0.25) is 0 Å². The monoisotopic (exact) mass is 285 g/mol. The lowest BCUT2D eigenvalue weighted by atomic mass is 9.84. The van der Waals surface area contributed by atoms with Gasteiger partial charge in [0.1, 0.15) is 11.3 Å². The highest BCUT2D eigenvalue weighted by Crippen LogP contribution is 2.52. The zero-order valence-corrected chi connectivity index (χ0v) is 12.7. The molecular weight excluding hydrogens is 262 g/mol. The van der Waals surface area contributed by atoms with Crippen LogP contribution in [0.1, 0.15) is 38.6 Å². The number of nitrogens with zero attached hydrogens (tertiary/aromatic N) is 2. The minimum atomic E-state index is 0.414. The van der Waals surface area contributed by atoms with Crippen LogP contribution in [-0.2, 0) is 0 Å². The Bertz CT molecular complexity index is 678. The highest BCUT2D eigenvalue weighted by molar-refractivity contribution is 5.84. The zero-order valence-electron chi connectivity index (χ0n) is 12.7. The number of fused-ring (bicyclic) bond motifs is 3. The third-order valence-corrected chi connectivity index (χ3v) is 5.75. The quantitative estimate of drug-likeness (QED) is 0.937. The maximum Gasteiger partial charge on any atom is 0.201 e. The van der Waals surface area contributed by atoms with E-state index in [1.165, 1.54) is 25.7 Å². The number of ether oxygens (including phenoxy) is 1. The maximum atomic E-state index is 6.24. The predicted molar refractivity (Wildman–Crippen MR) is 84.3 cm³/mol. The summed E-state index contributed by atoms with van der Waals surface area (Å²) in [5, 5.41) is 0. The highest BCUT2D eigenvalue weighted by Gasteiger charge is 2.42. The second kappa shape index (κ2) is 4.65. The lowest BCUT2D eigenvalue weighted by Crippen LogP contribution is -2.23. The van der Waals surface area contributed by atoms with Gasteiger partial charge >= 0.3 is 0 Å². The smallest absolute Gasteiger partial charge is 0.201 e. The molecule has 4 heteroatoms. The van der Waals surface area contributed by atoms with E-state index < -0.39 is 0 Å². The largest absolute Gasteiger partial charge is 0.494 e. The molecule has 2 saturated carbocycles. The number of anilines is 1. The third kappa shape index (κ3) is 1.84. The second-order valence-corrected chi connectivity index (χ2v) is 6.75. The van der Waals surface area contributed by atoms with Gasteiger partial charge in [-0.25, -0.2) is 4.98 Å². The topological polar surface area (TPSA) is 53.1 Å². The number of hydrogen-bond acceptors (Lipinski definition) is 3. The molecule has 4 rings (SSSR count). The SMILES string of the molecule is COc1cccc2c1nc(N)n2C(C)C1CC2CCC1C2. The first kappa shape index (κ1) is 13.0.